The predicted octanol–water partition coefficient (Wildman–Crippen LogP) is 7.19. The van der Waals surface area contributed by atoms with Crippen LogP contribution >= 0.6 is 0 Å². The lowest BCUT2D eigenvalue weighted by molar-refractivity contribution is -0.123. The van der Waals surface area contributed by atoms with Gasteiger partial charge in [-0.15, -0.1) is 0 Å². The molecule has 0 bridgehead atoms. The van der Waals surface area contributed by atoms with Crippen LogP contribution < -0.4 is 10.1 Å². The molecule has 7 rings (SSSR count). The van der Waals surface area contributed by atoms with E-state index in [4.69, 9.17) is 0 Å². The van der Waals surface area contributed by atoms with E-state index in [1.807, 2.05) is 0 Å². The van der Waals surface area contributed by atoms with Gasteiger partial charge < -0.3 is 10.1 Å². The number of nitrogens with zero attached hydrogens (tertiary/aromatic N) is 4. The van der Waals surface area contributed by atoms with Gasteiger partial charge >= 0.3 is 6.61 Å². The number of halogens is 8. The number of hydrogen-bond acceptors (Lipinski definition) is 5. The van der Waals surface area contributed by atoms with Crippen molar-refractivity contribution in [3.63, 3.8) is 0 Å². The van der Waals surface area contributed by atoms with E-state index in [2.05, 4.69) is 30.3 Å². The second-order valence-corrected chi connectivity index (χ2v) is 11.9. The van der Waals surface area contributed by atoms with Gasteiger partial charge in [-0.05, 0) is 53.8 Å². The van der Waals surface area contributed by atoms with Crippen LogP contribution in [0.4, 0.5) is 35.1 Å². The summed E-state index contributed by atoms with van der Waals surface area (Å²) in [5.74, 6) is -8.82. The Bertz CT molecular complexity index is 2010. The van der Waals surface area contributed by atoms with Crippen molar-refractivity contribution in [1.29, 1.82) is 0 Å². The summed E-state index contributed by atoms with van der Waals surface area (Å²) in [7, 11) is 0. The Morgan fingerprint density at radius 2 is 1.75 bits per heavy atom. The van der Waals surface area contributed by atoms with E-state index in [1.54, 1.807) is 13.0 Å². The van der Waals surface area contributed by atoms with Crippen LogP contribution in [0.25, 0.3) is 22.2 Å². The number of nitrogens with one attached hydrogen (secondary N) is 2. The Morgan fingerprint density at radius 3 is 2.42 bits per heavy atom. The highest BCUT2D eigenvalue weighted by Gasteiger charge is 2.71. The van der Waals surface area contributed by atoms with Crippen LogP contribution in [-0.2, 0) is 23.7 Å². The maximum Gasteiger partial charge on any atom is 0.387 e. The second-order valence-electron chi connectivity index (χ2n) is 11.9. The van der Waals surface area contributed by atoms with E-state index in [-0.39, 0.29) is 29.0 Å². The molecule has 1 fully saturated rings. The normalized spacial score (nSPS) is 19.9. The molecule has 0 radical (unpaired) electrons. The lowest BCUT2D eigenvalue weighted by atomic mass is 9.94. The minimum Gasteiger partial charge on any atom is -0.435 e. The Balaban J connectivity index is 1.28. The van der Waals surface area contributed by atoms with Crippen molar-refractivity contribution in [2.75, 3.05) is 0 Å². The van der Waals surface area contributed by atoms with Crippen molar-refractivity contribution in [3.8, 4) is 16.9 Å². The monoisotopic (exact) mass is 676 g/mol. The van der Waals surface area contributed by atoms with Gasteiger partial charge in [-0.3, -0.25) is 14.6 Å². The summed E-state index contributed by atoms with van der Waals surface area (Å²) in [6, 6.07) is 8.63. The molecule has 2 N–H and O–H groups in total. The summed E-state index contributed by atoms with van der Waals surface area (Å²) in [5, 5.41) is 13.1. The van der Waals surface area contributed by atoms with Crippen molar-refractivity contribution >= 4 is 16.9 Å². The molecule has 4 atom stereocenters. The smallest absolute Gasteiger partial charge is 0.387 e. The third-order valence-corrected chi connectivity index (χ3v) is 8.84. The molecule has 3 aromatic heterocycles. The van der Waals surface area contributed by atoms with Crippen molar-refractivity contribution in [1.82, 2.24) is 30.3 Å². The first-order valence-corrected chi connectivity index (χ1v) is 14.7. The molecular formula is C32H24F8N6O2. The molecule has 16 heteroatoms. The number of H-pyrrole nitrogens is 1. The highest BCUT2D eigenvalue weighted by Crippen LogP contribution is 2.71. The average Bonchev–Trinajstić information content (AvgIpc) is 3.29. The fraction of sp³-hybridized carbons (Fsp3) is 0.312. The van der Waals surface area contributed by atoms with Gasteiger partial charge in [0.25, 0.3) is 12.3 Å². The lowest BCUT2D eigenvalue weighted by Gasteiger charge is -2.23. The van der Waals surface area contributed by atoms with E-state index in [0.717, 1.165) is 12.1 Å². The number of carbonyl (C=O) groups excluding carboxylic acids is 1. The minimum absolute atomic E-state index is 0.0964. The third-order valence-electron chi connectivity index (χ3n) is 8.84. The van der Waals surface area contributed by atoms with Gasteiger partial charge in [0.1, 0.15) is 40.8 Å². The van der Waals surface area contributed by atoms with E-state index in [1.165, 1.54) is 30.5 Å². The molecule has 0 spiro atoms. The van der Waals surface area contributed by atoms with Crippen molar-refractivity contribution < 1.29 is 44.7 Å². The molecule has 3 heterocycles. The van der Waals surface area contributed by atoms with Crippen LogP contribution in [0.3, 0.4) is 0 Å². The molecule has 1 saturated carbocycles. The number of alkyl halides is 6. The Morgan fingerprint density at radius 1 is 1.04 bits per heavy atom. The summed E-state index contributed by atoms with van der Waals surface area (Å²) >= 11 is 0. The molecule has 2 aliphatic rings. The van der Waals surface area contributed by atoms with Crippen LogP contribution in [0.5, 0.6) is 5.75 Å². The number of pyridine rings is 1. The number of benzene rings is 2. The van der Waals surface area contributed by atoms with Gasteiger partial charge in [0.15, 0.2) is 0 Å². The highest BCUT2D eigenvalue weighted by molar-refractivity contribution is 5.83. The molecule has 48 heavy (non-hydrogen) atoms. The van der Waals surface area contributed by atoms with E-state index in [0.29, 0.717) is 32.9 Å². The highest BCUT2D eigenvalue weighted by atomic mass is 19.3. The molecule has 0 saturated heterocycles. The van der Waals surface area contributed by atoms with Gasteiger partial charge in [-0.1, -0.05) is 19.1 Å². The van der Waals surface area contributed by atoms with E-state index in [9.17, 15) is 31.1 Å². The summed E-state index contributed by atoms with van der Waals surface area (Å²) in [6.07, 6.45) is -2.02. The predicted molar refractivity (Wildman–Crippen MR) is 153 cm³/mol. The van der Waals surface area contributed by atoms with Crippen LogP contribution in [0.2, 0.25) is 0 Å². The Hall–Kier alpha value is -5.02. The van der Waals surface area contributed by atoms with Crippen molar-refractivity contribution in [3.05, 3.63) is 94.6 Å². The maximum absolute atomic E-state index is 15.4. The van der Waals surface area contributed by atoms with Gasteiger partial charge in [0.2, 0.25) is 5.91 Å². The van der Waals surface area contributed by atoms with E-state index < -0.39 is 78.2 Å². The van der Waals surface area contributed by atoms with Crippen LogP contribution in [0.1, 0.15) is 53.5 Å². The Kier molecular flexibility index (Phi) is 7.63. The van der Waals surface area contributed by atoms with Crippen LogP contribution in [0.15, 0.2) is 54.7 Å². The van der Waals surface area contributed by atoms with Gasteiger partial charge in [-0.25, -0.2) is 22.5 Å². The van der Waals surface area contributed by atoms with Gasteiger partial charge in [0.05, 0.1) is 23.4 Å². The molecule has 250 valence electrons. The molecule has 1 amide bonds. The van der Waals surface area contributed by atoms with Crippen molar-refractivity contribution in [2.45, 2.75) is 50.8 Å². The molecule has 0 aliphatic heterocycles. The molecule has 8 nitrogen and oxygen atoms in total. The third kappa shape index (κ3) is 5.52. The number of amides is 1. The number of aromatic amines is 1. The van der Waals surface area contributed by atoms with Crippen LogP contribution in [-0.4, -0.2) is 37.5 Å². The Labute approximate surface area is 266 Å². The largest absolute Gasteiger partial charge is 0.435 e. The second kappa shape index (κ2) is 11.6. The average molecular weight is 677 g/mol. The number of ether oxygens (including phenoxy) is 1. The number of carbonyl (C=O) groups is 1. The summed E-state index contributed by atoms with van der Waals surface area (Å²) in [5.41, 5.74) is 0.0199. The van der Waals surface area contributed by atoms with Crippen LogP contribution in [0, 0.1) is 23.5 Å². The molecule has 2 aromatic carbocycles. The first-order valence-electron chi connectivity index (χ1n) is 14.7. The zero-order chi connectivity index (χ0) is 34.1. The number of fused-ring (bicyclic) bond motifs is 4. The standard InChI is InChI=1S/C32H24F8N6O2/c1-13-24-25-28(30(35)36)45-46(29(25)32(39,40)26(13)24)12-23(47)42-21(8-14-6-16(33)9-17(34)7-14)27-19(10-20-22(43-27)11-41-44-20)15-2-4-18(5-3-15)48-31(37)38/h2-7,9-11,13,21,24,26,30-31H,8,12H2,1H3,(H,41,44)(H,42,47)/t13-,21?,24?,26?/m1/s1. The van der Waals surface area contributed by atoms with Crippen molar-refractivity contribution in [2.24, 2.45) is 11.8 Å². The topological polar surface area (TPSA) is 97.7 Å². The number of rotatable bonds is 10. The quantitative estimate of drug-likeness (QED) is 0.153. The molecular weight excluding hydrogens is 652 g/mol. The summed E-state index contributed by atoms with van der Waals surface area (Å²) in [6.45, 7) is -2.38. The molecule has 3 unspecified atom stereocenters. The maximum atomic E-state index is 15.4. The summed E-state index contributed by atoms with van der Waals surface area (Å²) < 4.78 is 118. The zero-order valence-electron chi connectivity index (χ0n) is 24.7. The molecule has 5 aromatic rings. The minimum atomic E-state index is -3.49. The molecule has 2 aliphatic carbocycles. The number of aromatic nitrogens is 5. The zero-order valence-corrected chi connectivity index (χ0v) is 24.7. The SMILES string of the molecule is C[C@@H]1C2c3c(C(F)F)nn(CC(=O)NC(Cc4cc(F)cc(F)c4)c4nc5cn[nH]c5cc4-c4ccc(OC(F)F)cc4)c3C(F)(F)C21. The lowest BCUT2D eigenvalue weighted by Crippen LogP contribution is -2.35. The fourth-order valence-electron chi connectivity index (χ4n) is 6.83. The number of hydrogen-bond donors (Lipinski definition) is 2. The van der Waals surface area contributed by atoms with Gasteiger partial charge in [0, 0.05) is 29.0 Å². The first-order chi connectivity index (χ1) is 22.8. The van der Waals surface area contributed by atoms with E-state index >= 15 is 8.78 Å². The fourth-order valence-corrected chi connectivity index (χ4v) is 6.83. The van der Waals surface area contributed by atoms with Gasteiger partial charge in [-0.2, -0.15) is 27.8 Å². The first kappa shape index (κ1) is 31.6. The summed E-state index contributed by atoms with van der Waals surface area (Å²) in [4.78, 5) is 18.2.